The van der Waals surface area contributed by atoms with Gasteiger partial charge in [-0.3, -0.25) is 9.59 Å². The quantitative estimate of drug-likeness (QED) is 0.893. The van der Waals surface area contributed by atoms with Crippen molar-refractivity contribution < 1.29 is 9.59 Å². The fraction of sp³-hybridized carbons (Fsp3) is 0.529. The molecule has 5 heteroatoms. The van der Waals surface area contributed by atoms with Crippen molar-refractivity contribution in [2.75, 3.05) is 18.4 Å². The average molecular weight is 303 g/mol. The zero-order chi connectivity index (χ0) is 16.1. The molecule has 5 nitrogen and oxygen atoms in total. The molecule has 1 atom stereocenters. The monoisotopic (exact) mass is 303 g/mol. The number of anilines is 1. The number of aryl methyl sites for hydroxylation is 1. The molecule has 22 heavy (non-hydrogen) atoms. The van der Waals surface area contributed by atoms with E-state index in [1.807, 2.05) is 32.0 Å². The maximum Gasteiger partial charge on any atom is 0.244 e. The molecule has 0 spiro atoms. The Bertz CT molecular complexity index is 557. The zero-order valence-corrected chi connectivity index (χ0v) is 13.4. The SMILES string of the molecule is Cc1ccc(CN)cc1NC(=O)CN1CCCCC(C)C1=O. The van der Waals surface area contributed by atoms with E-state index in [1.165, 1.54) is 0 Å². The summed E-state index contributed by atoms with van der Waals surface area (Å²) < 4.78 is 0. The van der Waals surface area contributed by atoms with E-state index in [-0.39, 0.29) is 24.3 Å². The van der Waals surface area contributed by atoms with Crippen LogP contribution in [0.3, 0.4) is 0 Å². The largest absolute Gasteiger partial charge is 0.333 e. The summed E-state index contributed by atoms with van der Waals surface area (Å²) in [6.45, 7) is 5.10. The van der Waals surface area contributed by atoms with E-state index in [1.54, 1.807) is 4.90 Å². The summed E-state index contributed by atoms with van der Waals surface area (Å²) in [6.07, 6.45) is 2.92. The Hall–Kier alpha value is -1.88. The molecule has 1 fully saturated rings. The van der Waals surface area contributed by atoms with Crippen LogP contribution in [0.25, 0.3) is 0 Å². The van der Waals surface area contributed by atoms with Gasteiger partial charge in [0.2, 0.25) is 11.8 Å². The summed E-state index contributed by atoms with van der Waals surface area (Å²) >= 11 is 0. The standard InChI is InChI=1S/C17H25N3O2/c1-12-6-7-14(10-18)9-15(12)19-16(21)11-20-8-4-3-5-13(2)17(20)22/h6-7,9,13H,3-5,8,10-11,18H2,1-2H3,(H,19,21). The highest BCUT2D eigenvalue weighted by molar-refractivity contribution is 5.95. The summed E-state index contributed by atoms with van der Waals surface area (Å²) in [4.78, 5) is 26.2. The molecule has 0 radical (unpaired) electrons. The number of nitrogens with zero attached hydrogens (tertiary/aromatic N) is 1. The van der Waals surface area contributed by atoms with E-state index >= 15 is 0 Å². The minimum absolute atomic E-state index is 0.0117. The summed E-state index contributed by atoms with van der Waals surface area (Å²) in [5.41, 5.74) is 8.36. The van der Waals surface area contributed by atoms with Gasteiger partial charge in [0.1, 0.15) is 0 Å². The Morgan fingerprint density at radius 2 is 2.18 bits per heavy atom. The lowest BCUT2D eigenvalue weighted by molar-refractivity contribution is -0.137. The average Bonchev–Trinajstić information content (AvgIpc) is 2.65. The van der Waals surface area contributed by atoms with Crippen molar-refractivity contribution in [3.8, 4) is 0 Å². The molecule has 0 aromatic heterocycles. The van der Waals surface area contributed by atoms with Gasteiger partial charge in [0.15, 0.2) is 0 Å². The zero-order valence-electron chi connectivity index (χ0n) is 13.4. The van der Waals surface area contributed by atoms with Crippen LogP contribution in [-0.2, 0) is 16.1 Å². The molecule has 1 aromatic carbocycles. The van der Waals surface area contributed by atoms with Gasteiger partial charge in [0.05, 0.1) is 6.54 Å². The second-order valence-electron chi connectivity index (χ2n) is 6.06. The van der Waals surface area contributed by atoms with Crippen LogP contribution in [0.4, 0.5) is 5.69 Å². The number of amides is 2. The third-order valence-corrected chi connectivity index (χ3v) is 4.19. The van der Waals surface area contributed by atoms with Crippen LogP contribution in [-0.4, -0.2) is 29.8 Å². The first-order chi connectivity index (χ1) is 10.5. The molecule has 1 aliphatic heterocycles. The number of benzene rings is 1. The highest BCUT2D eigenvalue weighted by Crippen LogP contribution is 2.19. The molecule has 1 saturated heterocycles. The van der Waals surface area contributed by atoms with Crippen molar-refractivity contribution in [3.05, 3.63) is 29.3 Å². The van der Waals surface area contributed by atoms with Crippen molar-refractivity contribution in [2.45, 2.75) is 39.7 Å². The van der Waals surface area contributed by atoms with Gasteiger partial charge in [-0.1, -0.05) is 25.5 Å². The van der Waals surface area contributed by atoms with Crippen molar-refractivity contribution in [2.24, 2.45) is 11.7 Å². The smallest absolute Gasteiger partial charge is 0.244 e. The Kier molecular flexibility index (Phi) is 5.55. The van der Waals surface area contributed by atoms with Crippen molar-refractivity contribution >= 4 is 17.5 Å². The number of hydrogen-bond acceptors (Lipinski definition) is 3. The number of nitrogens with two attached hydrogens (primary N) is 1. The third kappa shape index (κ3) is 4.07. The number of hydrogen-bond donors (Lipinski definition) is 2. The van der Waals surface area contributed by atoms with Gasteiger partial charge in [-0.25, -0.2) is 0 Å². The van der Waals surface area contributed by atoms with Crippen LogP contribution in [0.15, 0.2) is 18.2 Å². The van der Waals surface area contributed by atoms with Crippen molar-refractivity contribution in [1.29, 1.82) is 0 Å². The van der Waals surface area contributed by atoms with E-state index in [2.05, 4.69) is 5.32 Å². The van der Waals surface area contributed by atoms with Crippen LogP contribution in [0, 0.1) is 12.8 Å². The van der Waals surface area contributed by atoms with Gasteiger partial charge in [0, 0.05) is 24.7 Å². The molecule has 1 aromatic rings. The van der Waals surface area contributed by atoms with Crippen LogP contribution in [0.1, 0.15) is 37.3 Å². The lowest BCUT2D eigenvalue weighted by Gasteiger charge is -2.22. The summed E-state index contributed by atoms with van der Waals surface area (Å²) in [5.74, 6) is -0.0580. The lowest BCUT2D eigenvalue weighted by atomic mass is 10.1. The highest BCUT2D eigenvalue weighted by Gasteiger charge is 2.25. The maximum atomic E-state index is 12.3. The summed E-state index contributed by atoms with van der Waals surface area (Å²) in [6, 6.07) is 5.78. The maximum absolute atomic E-state index is 12.3. The summed E-state index contributed by atoms with van der Waals surface area (Å²) in [5, 5.41) is 2.90. The van der Waals surface area contributed by atoms with Crippen molar-refractivity contribution in [1.82, 2.24) is 4.90 Å². The first-order valence-corrected chi connectivity index (χ1v) is 7.89. The number of nitrogens with one attached hydrogen (secondary N) is 1. The molecule has 3 N–H and O–H groups in total. The molecule has 2 rings (SSSR count). The topological polar surface area (TPSA) is 75.4 Å². The predicted molar refractivity (Wildman–Crippen MR) is 87.3 cm³/mol. The van der Waals surface area contributed by atoms with Gasteiger partial charge < -0.3 is 16.0 Å². The van der Waals surface area contributed by atoms with E-state index in [0.29, 0.717) is 13.1 Å². The highest BCUT2D eigenvalue weighted by atomic mass is 16.2. The fourth-order valence-corrected chi connectivity index (χ4v) is 2.75. The number of carbonyl (C=O) groups excluding carboxylic acids is 2. The van der Waals surface area contributed by atoms with Crippen LogP contribution >= 0.6 is 0 Å². The Morgan fingerprint density at radius 3 is 2.91 bits per heavy atom. The number of carbonyl (C=O) groups is 2. The number of likely N-dealkylation sites (tertiary alicyclic amines) is 1. The lowest BCUT2D eigenvalue weighted by Crippen LogP contribution is -2.40. The fourth-order valence-electron chi connectivity index (χ4n) is 2.75. The first-order valence-electron chi connectivity index (χ1n) is 7.89. The molecule has 1 aliphatic rings. The van der Waals surface area contributed by atoms with Crippen LogP contribution < -0.4 is 11.1 Å². The normalized spacial score (nSPS) is 19.0. The molecule has 0 aliphatic carbocycles. The molecule has 120 valence electrons. The molecule has 1 unspecified atom stereocenters. The number of rotatable bonds is 4. The van der Waals surface area contributed by atoms with Gasteiger partial charge in [-0.2, -0.15) is 0 Å². The Labute approximate surface area is 131 Å². The second kappa shape index (κ2) is 7.40. The van der Waals surface area contributed by atoms with Crippen LogP contribution in [0.5, 0.6) is 0 Å². The first kappa shape index (κ1) is 16.5. The van der Waals surface area contributed by atoms with E-state index in [0.717, 1.165) is 36.1 Å². The van der Waals surface area contributed by atoms with Crippen LogP contribution in [0.2, 0.25) is 0 Å². The van der Waals surface area contributed by atoms with Gasteiger partial charge in [-0.05, 0) is 37.0 Å². The molecule has 2 amide bonds. The Morgan fingerprint density at radius 1 is 1.41 bits per heavy atom. The van der Waals surface area contributed by atoms with E-state index < -0.39 is 0 Å². The van der Waals surface area contributed by atoms with Gasteiger partial charge in [0.25, 0.3) is 0 Å². The predicted octanol–water partition coefficient (Wildman–Crippen LogP) is 2.04. The third-order valence-electron chi connectivity index (χ3n) is 4.19. The Balaban J connectivity index is 2.02. The van der Waals surface area contributed by atoms with E-state index in [9.17, 15) is 9.59 Å². The van der Waals surface area contributed by atoms with Gasteiger partial charge >= 0.3 is 0 Å². The van der Waals surface area contributed by atoms with Crippen molar-refractivity contribution in [3.63, 3.8) is 0 Å². The minimum atomic E-state index is -0.153. The minimum Gasteiger partial charge on any atom is -0.333 e. The molecular formula is C17H25N3O2. The molecular weight excluding hydrogens is 278 g/mol. The van der Waals surface area contributed by atoms with Gasteiger partial charge in [-0.15, -0.1) is 0 Å². The molecule has 1 heterocycles. The second-order valence-corrected chi connectivity index (χ2v) is 6.06. The molecule has 0 saturated carbocycles. The molecule has 0 bridgehead atoms. The van der Waals surface area contributed by atoms with E-state index in [4.69, 9.17) is 5.73 Å². The summed E-state index contributed by atoms with van der Waals surface area (Å²) in [7, 11) is 0.